The number of amides is 2. The molecule has 0 saturated carbocycles. The van der Waals surface area contributed by atoms with E-state index in [0.717, 1.165) is 25.3 Å². The van der Waals surface area contributed by atoms with Crippen molar-refractivity contribution < 1.29 is 9.59 Å². The summed E-state index contributed by atoms with van der Waals surface area (Å²) in [7, 11) is 1.74. The predicted octanol–water partition coefficient (Wildman–Crippen LogP) is 3.05. The number of fused-ring (bicyclic) bond motifs is 1. The molecule has 0 saturated heterocycles. The number of carbonyl (C=O) groups excluding carboxylic acids is 2. The van der Waals surface area contributed by atoms with Crippen molar-refractivity contribution in [2.24, 2.45) is 4.99 Å². The molecule has 1 aliphatic heterocycles. The first-order valence-electron chi connectivity index (χ1n) is 9.14. The van der Waals surface area contributed by atoms with Crippen LogP contribution >= 0.6 is 24.0 Å². The quantitative estimate of drug-likeness (QED) is 0.205. The van der Waals surface area contributed by atoms with Crippen molar-refractivity contribution in [3.05, 3.63) is 71.3 Å². The molecule has 0 radical (unpaired) electrons. The van der Waals surface area contributed by atoms with Crippen LogP contribution in [0.25, 0.3) is 0 Å². The van der Waals surface area contributed by atoms with E-state index in [1.54, 1.807) is 31.3 Å². The van der Waals surface area contributed by atoms with Crippen molar-refractivity contribution in [1.29, 1.82) is 0 Å². The van der Waals surface area contributed by atoms with Gasteiger partial charge in [0.25, 0.3) is 11.8 Å². The first-order valence-corrected chi connectivity index (χ1v) is 9.14. The van der Waals surface area contributed by atoms with Gasteiger partial charge in [-0.1, -0.05) is 42.5 Å². The van der Waals surface area contributed by atoms with Gasteiger partial charge in [-0.15, -0.1) is 24.0 Å². The lowest BCUT2D eigenvalue weighted by Crippen LogP contribution is -2.37. The molecule has 0 fully saturated rings. The smallest absolute Gasteiger partial charge is 0.261 e. The zero-order valence-electron chi connectivity index (χ0n) is 15.9. The van der Waals surface area contributed by atoms with Gasteiger partial charge < -0.3 is 10.6 Å². The summed E-state index contributed by atoms with van der Waals surface area (Å²) in [6.45, 7) is 1.86. The molecule has 2 N–H and O–H groups in total. The maximum absolute atomic E-state index is 12.3. The summed E-state index contributed by atoms with van der Waals surface area (Å²) >= 11 is 0. The molecule has 0 spiro atoms. The highest BCUT2D eigenvalue weighted by molar-refractivity contribution is 14.0. The molecular formula is C21H25IN4O2. The average molecular weight is 492 g/mol. The Morgan fingerprint density at radius 2 is 1.50 bits per heavy atom. The minimum atomic E-state index is -0.191. The van der Waals surface area contributed by atoms with Crippen LogP contribution < -0.4 is 10.6 Å². The van der Waals surface area contributed by atoms with E-state index >= 15 is 0 Å². The minimum Gasteiger partial charge on any atom is -0.356 e. The maximum atomic E-state index is 12.3. The Morgan fingerprint density at radius 3 is 2.11 bits per heavy atom. The first kappa shape index (κ1) is 21.9. The number of imide groups is 1. The summed E-state index contributed by atoms with van der Waals surface area (Å²) in [5, 5.41) is 6.52. The van der Waals surface area contributed by atoms with Crippen LogP contribution in [0.5, 0.6) is 0 Å². The van der Waals surface area contributed by atoms with Gasteiger partial charge in [0, 0.05) is 26.7 Å². The Morgan fingerprint density at radius 1 is 0.893 bits per heavy atom. The lowest BCUT2D eigenvalue weighted by atomic mass is 10.1. The van der Waals surface area contributed by atoms with Crippen LogP contribution in [0.1, 0.15) is 39.1 Å². The average Bonchev–Trinajstić information content (AvgIpc) is 2.95. The van der Waals surface area contributed by atoms with Crippen LogP contribution in [0.2, 0.25) is 0 Å². The molecule has 2 aromatic rings. The zero-order chi connectivity index (χ0) is 19.1. The van der Waals surface area contributed by atoms with E-state index in [0.29, 0.717) is 24.2 Å². The molecule has 1 heterocycles. The predicted molar refractivity (Wildman–Crippen MR) is 121 cm³/mol. The summed E-state index contributed by atoms with van der Waals surface area (Å²) in [5.74, 6) is 0.354. The minimum absolute atomic E-state index is 0. The zero-order valence-corrected chi connectivity index (χ0v) is 18.2. The highest BCUT2D eigenvalue weighted by atomic mass is 127. The van der Waals surface area contributed by atoms with Crippen LogP contribution in [-0.4, -0.2) is 42.8 Å². The van der Waals surface area contributed by atoms with Gasteiger partial charge in [0.1, 0.15) is 0 Å². The van der Waals surface area contributed by atoms with Gasteiger partial charge in [0.05, 0.1) is 11.1 Å². The number of unbranched alkanes of at least 4 members (excludes halogenated alkanes) is 1. The number of guanidine groups is 1. The molecule has 148 valence electrons. The van der Waals surface area contributed by atoms with E-state index in [4.69, 9.17) is 0 Å². The number of carbonyl (C=O) groups is 2. The second-order valence-corrected chi connectivity index (χ2v) is 6.35. The summed E-state index contributed by atoms with van der Waals surface area (Å²) < 4.78 is 0. The number of hydrogen-bond acceptors (Lipinski definition) is 3. The van der Waals surface area contributed by atoms with Crippen LogP contribution in [-0.2, 0) is 6.54 Å². The Kier molecular flexibility index (Phi) is 8.43. The Hall–Kier alpha value is -2.42. The van der Waals surface area contributed by atoms with Crippen molar-refractivity contribution in [2.75, 3.05) is 20.1 Å². The number of halogens is 1. The van der Waals surface area contributed by atoms with E-state index in [1.807, 2.05) is 18.2 Å². The summed E-state index contributed by atoms with van der Waals surface area (Å²) in [6.07, 6.45) is 1.58. The van der Waals surface area contributed by atoms with E-state index in [-0.39, 0.29) is 35.8 Å². The van der Waals surface area contributed by atoms with Crippen molar-refractivity contribution in [1.82, 2.24) is 15.5 Å². The highest BCUT2D eigenvalue weighted by Crippen LogP contribution is 2.22. The topological polar surface area (TPSA) is 73.8 Å². The SMILES string of the molecule is CN=C(NCCCCN1C(=O)c2ccccc2C1=O)NCc1ccccc1.I. The lowest BCUT2D eigenvalue weighted by molar-refractivity contribution is 0.0652. The third-order valence-electron chi connectivity index (χ3n) is 4.51. The number of benzene rings is 2. The number of nitrogens with zero attached hydrogens (tertiary/aromatic N) is 2. The molecule has 3 rings (SSSR count). The molecule has 28 heavy (non-hydrogen) atoms. The van der Waals surface area contributed by atoms with E-state index in [9.17, 15) is 9.59 Å². The molecule has 0 atom stereocenters. The Labute approximate surface area is 182 Å². The van der Waals surface area contributed by atoms with Crippen molar-refractivity contribution in [2.45, 2.75) is 19.4 Å². The van der Waals surface area contributed by atoms with Gasteiger partial charge in [-0.3, -0.25) is 19.5 Å². The summed E-state index contributed by atoms with van der Waals surface area (Å²) in [5.41, 5.74) is 2.20. The third kappa shape index (κ3) is 5.31. The van der Waals surface area contributed by atoms with Crippen LogP contribution in [0.4, 0.5) is 0 Å². The molecular weight excluding hydrogens is 467 g/mol. The molecule has 0 bridgehead atoms. The van der Waals surface area contributed by atoms with Crippen molar-refractivity contribution in [3.63, 3.8) is 0 Å². The van der Waals surface area contributed by atoms with Crippen LogP contribution in [0, 0.1) is 0 Å². The highest BCUT2D eigenvalue weighted by Gasteiger charge is 2.34. The fourth-order valence-electron chi connectivity index (χ4n) is 3.05. The number of nitrogens with one attached hydrogen (secondary N) is 2. The van der Waals surface area contributed by atoms with Gasteiger partial charge >= 0.3 is 0 Å². The standard InChI is InChI=1S/C21H24N4O2.HI/c1-22-21(24-15-16-9-3-2-4-10-16)23-13-7-8-14-25-19(26)17-11-5-6-12-18(17)20(25)27;/h2-6,9-12H,7-8,13-15H2,1H3,(H2,22,23,24);1H. The van der Waals surface area contributed by atoms with E-state index in [1.165, 1.54) is 10.5 Å². The molecule has 2 aromatic carbocycles. The van der Waals surface area contributed by atoms with E-state index in [2.05, 4.69) is 27.8 Å². The molecule has 2 amide bonds. The van der Waals surface area contributed by atoms with Crippen LogP contribution in [0.15, 0.2) is 59.6 Å². The Bertz CT molecular complexity index is 804. The fourth-order valence-corrected chi connectivity index (χ4v) is 3.05. The number of aliphatic imine (C=N–C) groups is 1. The van der Waals surface area contributed by atoms with Gasteiger partial charge in [-0.2, -0.15) is 0 Å². The molecule has 0 unspecified atom stereocenters. The van der Waals surface area contributed by atoms with Gasteiger partial charge in [0.15, 0.2) is 5.96 Å². The molecule has 0 aliphatic carbocycles. The lowest BCUT2D eigenvalue weighted by Gasteiger charge is -2.15. The second-order valence-electron chi connectivity index (χ2n) is 6.35. The normalized spacial score (nSPS) is 13.2. The number of rotatable bonds is 7. The van der Waals surface area contributed by atoms with Crippen LogP contribution in [0.3, 0.4) is 0 Å². The molecule has 6 nitrogen and oxygen atoms in total. The monoisotopic (exact) mass is 492 g/mol. The largest absolute Gasteiger partial charge is 0.356 e. The Balaban J connectivity index is 0.00000280. The van der Waals surface area contributed by atoms with Gasteiger partial charge in [-0.05, 0) is 30.5 Å². The third-order valence-corrected chi connectivity index (χ3v) is 4.51. The summed E-state index contributed by atoms with van der Waals surface area (Å²) in [6, 6.07) is 17.1. The molecule has 7 heteroatoms. The van der Waals surface area contributed by atoms with Gasteiger partial charge in [-0.25, -0.2) is 0 Å². The van der Waals surface area contributed by atoms with Gasteiger partial charge in [0.2, 0.25) is 0 Å². The molecule has 1 aliphatic rings. The molecule has 0 aromatic heterocycles. The maximum Gasteiger partial charge on any atom is 0.261 e. The first-order chi connectivity index (χ1) is 13.2. The number of hydrogen-bond donors (Lipinski definition) is 2. The second kappa shape index (κ2) is 10.8. The van der Waals surface area contributed by atoms with Crippen molar-refractivity contribution in [3.8, 4) is 0 Å². The van der Waals surface area contributed by atoms with E-state index < -0.39 is 0 Å². The van der Waals surface area contributed by atoms with Crippen molar-refractivity contribution >= 4 is 41.8 Å². The fraction of sp³-hybridized carbons (Fsp3) is 0.286. The summed E-state index contributed by atoms with van der Waals surface area (Å²) in [4.78, 5) is 30.2.